The maximum absolute atomic E-state index is 10.6. The van der Waals surface area contributed by atoms with E-state index in [1.807, 2.05) is 6.07 Å². The first kappa shape index (κ1) is 16.6. The summed E-state index contributed by atoms with van der Waals surface area (Å²) in [5, 5.41) is 11.2. The zero-order valence-corrected chi connectivity index (χ0v) is 15.3. The minimum absolute atomic E-state index is 0.543. The molecule has 3 nitrogen and oxygen atoms in total. The third-order valence-electron chi connectivity index (χ3n) is 3.00. The average molecular weight is 437 g/mol. The molecule has 0 saturated heterocycles. The number of hydrogen-bond donors (Lipinski definition) is 1. The quantitative estimate of drug-likeness (QED) is 0.736. The van der Waals surface area contributed by atoms with Crippen molar-refractivity contribution in [1.29, 1.82) is 0 Å². The molecule has 112 valence electrons. The van der Waals surface area contributed by atoms with Crippen LogP contribution >= 0.6 is 43.5 Å². The van der Waals surface area contributed by atoms with Gasteiger partial charge in [-0.2, -0.15) is 0 Å². The maximum Gasteiger partial charge on any atom is 0.133 e. The number of halogens is 3. The first-order chi connectivity index (χ1) is 9.96. The van der Waals surface area contributed by atoms with Gasteiger partial charge in [-0.15, -0.1) is 0 Å². The van der Waals surface area contributed by atoms with Crippen LogP contribution in [0.25, 0.3) is 0 Å². The topological polar surface area (TPSA) is 38.7 Å². The van der Waals surface area contributed by atoms with Crippen LogP contribution in [0, 0.1) is 0 Å². The normalized spacial score (nSPS) is 12.1. The highest BCUT2D eigenvalue weighted by molar-refractivity contribution is 9.10. The van der Waals surface area contributed by atoms with Crippen molar-refractivity contribution in [2.24, 2.45) is 0 Å². The molecule has 1 N–H and O–H groups in total. The number of aliphatic hydroxyl groups is 1. The predicted molar refractivity (Wildman–Crippen MR) is 90.5 cm³/mol. The van der Waals surface area contributed by atoms with E-state index in [0.29, 0.717) is 27.6 Å². The monoisotopic (exact) mass is 434 g/mol. The fourth-order valence-corrected chi connectivity index (χ4v) is 3.38. The zero-order chi connectivity index (χ0) is 15.6. The lowest BCUT2D eigenvalue weighted by atomic mass is 10.0. The lowest BCUT2D eigenvalue weighted by Gasteiger charge is -2.18. The van der Waals surface area contributed by atoms with Gasteiger partial charge < -0.3 is 14.6 Å². The van der Waals surface area contributed by atoms with Crippen LogP contribution in [0.5, 0.6) is 11.5 Å². The lowest BCUT2D eigenvalue weighted by molar-refractivity contribution is 0.214. The first-order valence-electron chi connectivity index (χ1n) is 6.01. The Kier molecular flexibility index (Phi) is 5.54. The molecule has 0 spiro atoms. The lowest BCUT2D eigenvalue weighted by Crippen LogP contribution is -2.03. The Balaban J connectivity index is 2.53. The van der Waals surface area contributed by atoms with Gasteiger partial charge in [0, 0.05) is 15.1 Å². The minimum Gasteiger partial charge on any atom is -0.496 e. The van der Waals surface area contributed by atoms with Gasteiger partial charge in [-0.05, 0) is 51.8 Å². The molecule has 2 aromatic carbocycles. The van der Waals surface area contributed by atoms with Crippen LogP contribution in [0.2, 0.25) is 5.02 Å². The van der Waals surface area contributed by atoms with Crippen LogP contribution in [0.4, 0.5) is 0 Å². The number of hydrogen-bond acceptors (Lipinski definition) is 3. The van der Waals surface area contributed by atoms with E-state index in [1.54, 1.807) is 38.5 Å². The van der Waals surface area contributed by atoms with Gasteiger partial charge in [0.1, 0.15) is 17.6 Å². The van der Waals surface area contributed by atoms with Crippen LogP contribution < -0.4 is 9.47 Å². The van der Waals surface area contributed by atoms with Gasteiger partial charge in [-0.25, -0.2) is 0 Å². The van der Waals surface area contributed by atoms with E-state index in [-0.39, 0.29) is 0 Å². The Morgan fingerprint density at radius 3 is 2.24 bits per heavy atom. The van der Waals surface area contributed by atoms with E-state index < -0.39 is 6.10 Å². The summed E-state index contributed by atoms with van der Waals surface area (Å²) in [6, 6.07) is 8.78. The summed E-state index contributed by atoms with van der Waals surface area (Å²) in [7, 11) is 3.12. The third-order valence-corrected chi connectivity index (χ3v) is 4.30. The summed E-state index contributed by atoms with van der Waals surface area (Å²) in [6.45, 7) is 0. The molecule has 2 rings (SSSR count). The van der Waals surface area contributed by atoms with Crippen LogP contribution in [-0.2, 0) is 0 Å². The highest BCUT2D eigenvalue weighted by atomic mass is 79.9. The average Bonchev–Trinajstić information content (AvgIpc) is 2.45. The number of ether oxygens (including phenoxy) is 2. The Morgan fingerprint density at radius 2 is 1.67 bits per heavy atom. The molecule has 0 aromatic heterocycles. The molecule has 0 amide bonds. The van der Waals surface area contributed by atoms with Crippen molar-refractivity contribution < 1.29 is 14.6 Å². The smallest absolute Gasteiger partial charge is 0.133 e. The summed E-state index contributed by atoms with van der Waals surface area (Å²) in [5.74, 6) is 1.18. The molecule has 0 fully saturated rings. The van der Waals surface area contributed by atoms with Gasteiger partial charge in [0.25, 0.3) is 0 Å². The van der Waals surface area contributed by atoms with Gasteiger partial charge in [0.2, 0.25) is 0 Å². The van der Waals surface area contributed by atoms with Crippen LogP contribution in [0.15, 0.2) is 39.3 Å². The minimum atomic E-state index is -0.878. The summed E-state index contributed by atoms with van der Waals surface area (Å²) >= 11 is 12.8. The molecule has 0 aliphatic heterocycles. The second kappa shape index (κ2) is 7.01. The largest absolute Gasteiger partial charge is 0.496 e. The van der Waals surface area contributed by atoms with Gasteiger partial charge in [-0.1, -0.05) is 27.5 Å². The van der Waals surface area contributed by atoms with Crippen molar-refractivity contribution in [3.05, 3.63) is 55.4 Å². The van der Waals surface area contributed by atoms with Crippen LogP contribution in [0.3, 0.4) is 0 Å². The number of benzene rings is 2. The molecular weight excluding hydrogens is 423 g/mol. The Labute approximate surface area is 145 Å². The van der Waals surface area contributed by atoms with Crippen molar-refractivity contribution in [1.82, 2.24) is 0 Å². The van der Waals surface area contributed by atoms with Crippen molar-refractivity contribution in [3.63, 3.8) is 0 Å². The van der Waals surface area contributed by atoms with E-state index >= 15 is 0 Å². The predicted octanol–water partition coefficient (Wildman–Crippen LogP) is 4.96. The second-order valence-electron chi connectivity index (χ2n) is 4.33. The summed E-state index contributed by atoms with van der Waals surface area (Å²) in [5.41, 5.74) is 1.27. The molecular formula is C15H13Br2ClO3. The SMILES string of the molecule is COc1cc(C(O)c2cc(Cl)cc(Br)c2)c(OC)cc1Br. The number of aliphatic hydroxyl groups excluding tert-OH is 1. The van der Waals surface area contributed by atoms with E-state index in [1.165, 1.54) is 0 Å². The van der Waals surface area contributed by atoms with Crippen molar-refractivity contribution in [2.75, 3.05) is 14.2 Å². The summed E-state index contributed by atoms with van der Waals surface area (Å²) in [6.07, 6.45) is -0.878. The fourth-order valence-electron chi connectivity index (χ4n) is 2.01. The molecule has 0 aliphatic rings. The molecule has 0 aliphatic carbocycles. The molecule has 1 unspecified atom stereocenters. The van der Waals surface area contributed by atoms with Gasteiger partial charge >= 0.3 is 0 Å². The summed E-state index contributed by atoms with van der Waals surface area (Å²) < 4.78 is 12.2. The summed E-state index contributed by atoms with van der Waals surface area (Å²) in [4.78, 5) is 0. The molecule has 0 bridgehead atoms. The Bertz CT molecular complexity index is 641. The van der Waals surface area contributed by atoms with E-state index in [4.69, 9.17) is 21.1 Å². The standard InChI is InChI=1S/C15H13Br2ClO3/c1-20-13-7-12(17)14(21-2)6-11(13)15(19)8-3-9(16)5-10(18)4-8/h3-7,15,19H,1-2H3. The first-order valence-corrected chi connectivity index (χ1v) is 7.98. The Hall–Kier alpha value is -0.750. The van der Waals surface area contributed by atoms with Gasteiger partial charge in [-0.3, -0.25) is 0 Å². The van der Waals surface area contributed by atoms with Gasteiger partial charge in [0.05, 0.1) is 18.7 Å². The van der Waals surface area contributed by atoms with Crippen LogP contribution in [-0.4, -0.2) is 19.3 Å². The molecule has 0 radical (unpaired) electrons. The third kappa shape index (κ3) is 3.72. The Morgan fingerprint density at radius 1 is 1.00 bits per heavy atom. The molecule has 1 atom stereocenters. The molecule has 6 heteroatoms. The van der Waals surface area contributed by atoms with E-state index in [2.05, 4.69) is 31.9 Å². The molecule has 21 heavy (non-hydrogen) atoms. The molecule has 2 aromatic rings. The fraction of sp³-hybridized carbons (Fsp3) is 0.200. The highest BCUT2D eigenvalue weighted by Crippen LogP contribution is 2.38. The van der Waals surface area contributed by atoms with Crippen molar-refractivity contribution >= 4 is 43.5 Å². The maximum atomic E-state index is 10.6. The second-order valence-corrected chi connectivity index (χ2v) is 6.54. The number of methoxy groups -OCH3 is 2. The van der Waals surface area contributed by atoms with E-state index in [0.717, 1.165) is 8.95 Å². The number of rotatable bonds is 4. The van der Waals surface area contributed by atoms with Crippen molar-refractivity contribution in [3.8, 4) is 11.5 Å². The molecule has 0 heterocycles. The van der Waals surface area contributed by atoms with Crippen molar-refractivity contribution in [2.45, 2.75) is 6.10 Å². The zero-order valence-electron chi connectivity index (χ0n) is 11.4. The van der Waals surface area contributed by atoms with Gasteiger partial charge in [0.15, 0.2) is 0 Å². The highest BCUT2D eigenvalue weighted by Gasteiger charge is 2.19. The van der Waals surface area contributed by atoms with E-state index in [9.17, 15) is 5.11 Å². The molecule has 0 saturated carbocycles. The van der Waals surface area contributed by atoms with Crippen LogP contribution in [0.1, 0.15) is 17.2 Å².